The summed E-state index contributed by atoms with van der Waals surface area (Å²) in [6.07, 6.45) is 5.52. The van der Waals surface area contributed by atoms with Crippen molar-refractivity contribution in [2.75, 3.05) is 13.7 Å². The highest BCUT2D eigenvalue weighted by Crippen LogP contribution is 2.24. The van der Waals surface area contributed by atoms with Gasteiger partial charge in [-0.25, -0.2) is 4.68 Å². The highest BCUT2D eigenvalue weighted by molar-refractivity contribution is 5.92. The molecule has 1 aromatic carbocycles. The standard InChI is InChI=1S/C18H23N3O3/c1-24-16-8-6-15(7-9-16)21-11-10-17(20-21)18(23)19-14-4-2-13(12-22)3-5-14/h6-11,13-14,22H,2-5,12H2,1H3,(H,19,23). The maximum absolute atomic E-state index is 12.4. The molecule has 1 saturated carbocycles. The predicted molar refractivity (Wildman–Crippen MR) is 90.4 cm³/mol. The highest BCUT2D eigenvalue weighted by atomic mass is 16.5. The van der Waals surface area contributed by atoms with E-state index in [1.807, 2.05) is 24.3 Å². The summed E-state index contributed by atoms with van der Waals surface area (Å²) in [4.78, 5) is 12.4. The topological polar surface area (TPSA) is 76.4 Å². The van der Waals surface area contributed by atoms with Crippen LogP contribution in [0.5, 0.6) is 5.75 Å². The molecule has 6 heteroatoms. The Kier molecular flexibility index (Phi) is 5.15. The number of aliphatic hydroxyl groups excluding tert-OH is 1. The Hall–Kier alpha value is -2.34. The number of hydrogen-bond acceptors (Lipinski definition) is 4. The van der Waals surface area contributed by atoms with Gasteiger partial charge in [-0.05, 0) is 61.9 Å². The summed E-state index contributed by atoms with van der Waals surface area (Å²) in [5, 5.41) is 16.6. The second-order valence-electron chi connectivity index (χ2n) is 6.22. The van der Waals surface area contributed by atoms with Crippen molar-refractivity contribution in [2.24, 2.45) is 5.92 Å². The molecular weight excluding hydrogens is 306 g/mol. The van der Waals surface area contributed by atoms with Gasteiger partial charge in [0.25, 0.3) is 5.91 Å². The lowest BCUT2D eigenvalue weighted by Gasteiger charge is -2.27. The number of benzene rings is 1. The SMILES string of the molecule is COc1ccc(-n2ccc(C(=O)NC3CCC(CO)CC3)n2)cc1. The van der Waals surface area contributed by atoms with Crippen LogP contribution in [-0.4, -0.2) is 40.6 Å². The number of aliphatic hydroxyl groups is 1. The molecule has 0 radical (unpaired) electrons. The molecule has 1 amide bonds. The van der Waals surface area contributed by atoms with E-state index in [9.17, 15) is 9.90 Å². The van der Waals surface area contributed by atoms with Crippen LogP contribution < -0.4 is 10.1 Å². The Morgan fingerprint density at radius 2 is 1.96 bits per heavy atom. The number of hydrogen-bond donors (Lipinski definition) is 2. The minimum absolute atomic E-state index is 0.144. The largest absolute Gasteiger partial charge is 0.497 e. The summed E-state index contributed by atoms with van der Waals surface area (Å²) in [6, 6.07) is 9.39. The van der Waals surface area contributed by atoms with Crippen LogP contribution in [0.1, 0.15) is 36.2 Å². The molecular formula is C18H23N3O3. The highest BCUT2D eigenvalue weighted by Gasteiger charge is 2.23. The van der Waals surface area contributed by atoms with Gasteiger partial charge in [0, 0.05) is 18.8 Å². The van der Waals surface area contributed by atoms with Gasteiger partial charge < -0.3 is 15.2 Å². The van der Waals surface area contributed by atoms with E-state index in [0.717, 1.165) is 37.1 Å². The van der Waals surface area contributed by atoms with Crippen molar-refractivity contribution in [1.82, 2.24) is 15.1 Å². The second kappa shape index (κ2) is 7.49. The zero-order chi connectivity index (χ0) is 16.9. The summed E-state index contributed by atoms with van der Waals surface area (Å²) in [7, 11) is 1.62. The first-order valence-corrected chi connectivity index (χ1v) is 8.31. The third-order valence-corrected chi connectivity index (χ3v) is 4.60. The minimum atomic E-state index is -0.144. The van der Waals surface area contributed by atoms with Gasteiger partial charge in [0.1, 0.15) is 5.75 Å². The van der Waals surface area contributed by atoms with Gasteiger partial charge in [-0.15, -0.1) is 0 Å². The van der Waals surface area contributed by atoms with E-state index in [1.54, 1.807) is 24.1 Å². The van der Waals surface area contributed by atoms with Crippen LogP contribution in [0.25, 0.3) is 5.69 Å². The van der Waals surface area contributed by atoms with E-state index in [1.165, 1.54) is 0 Å². The molecule has 128 valence electrons. The van der Waals surface area contributed by atoms with Crippen molar-refractivity contribution in [3.05, 3.63) is 42.2 Å². The molecule has 24 heavy (non-hydrogen) atoms. The zero-order valence-electron chi connectivity index (χ0n) is 13.8. The molecule has 0 bridgehead atoms. The minimum Gasteiger partial charge on any atom is -0.497 e. The molecule has 6 nitrogen and oxygen atoms in total. The molecule has 0 aliphatic heterocycles. The lowest BCUT2D eigenvalue weighted by molar-refractivity contribution is 0.0908. The molecule has 0 atom stereocenters. The summed E-state index contributed by atoms with van der Waals surface area (Å²) < 4.78 is 6.82. The number of methoxy groups -OCH3 is 1. The summed E-state index contributed by atoms with van der Waals surface area (Å²) >= 11 is 0. The van der Waals surface area contributed by atoms with Crippen molar-refractivity contribution in [2.45, 2.75) is 31.7 Å². The normalized spacial score (nSPS) is 20.6. The third-order valence-electron chi connectivity index (χ3n) is 4.60. The second-order valence-corrected chi connectivity index (χ2v) is 6.22. The number of carbonyl (C=O) groups is 1. The van der Waals surface area contributed by atoms with Crippen molar-refractivity contribution in [3.63, 3.8) is 0 Å². The molecule has 2 N–H and O–H groups in total. The average Bonchev–Trinajstić information content (AvgIpc) is 3.13. The van der Waals surface area contributed by atoms with E-state index < -0.39 is 0 Å². The number of amides is 1. The number of nitrogens with one attached hydrogen (secondary N) is 1. The van der Waals surface area contributed by atoms with Crippen LogP contribution >= 0.6 is 0 Å². The first kappa shape index (κ1) is 16.5. The van der Waals surface area contributed by atoms with Crippen LogP contribution in [-0.2, 0) is 0 Å². The van der Waals surface area contributed by atoms with Crippen molar-refractivity contribution < 1.29 is 14.6 Å². The van der Waals surface area contributed by atoms with Gasteiger partial charge in [0.05, 0.1) is 12.8 Å². The number of rotatable bonds is 5. The van der Waals surface area contributed by atoms with E-state index >= 15 is 0 Å². The Balaban J connectivity index is 1.61. The third kappa shape index (κ3) is 3.76. The molecule has 0 spiro atoms. The summed E-state index contributed by atoms with van der Waals surface area (Å²) in [5.74, 6) is 1.02. The molecule has 1 fully saturated rings. The Morgan fingerprint density at radius 3 is 2.58 bits per heavy atom. The summed E-state index contributed by atoms with van der Waals surface area (Å²) in [5.41, 5.74) is 1.29. The van der Waals surface area contributed by atoms with Crippen molar-refractivity contribution in [3.8, 4) is 11.4 Å². The number of nitrogens with zero attached hydrogens (tertiary/aromatic N) is 2. The molecule has 1 heterocycles. The smallest absolute Gasteiger partial charge is 0.272 e. The lowest BCUT2D eigenvalue weighted by Crippen LogP contribution is -2.38. The van der Waals surface area contributed by atoms with Crippen LogP contribution in [0.15, 0.2) is 36.5 Å². The van der Waals surface area contributed by atoms with E-state index in [2.05, 4.69) is 10.4 Å². The van der Waals surface area contributed by atoms with Crippen LogP contribution in [0.4, 0.5) is 0 Å². The van der Waals surface area contributed by atoms with Crippen LogP contribution in [0, 0.1) is 5.92 Å². The Morgan fingerprint density at radius 1 is 1.25 bits per heavy atom. The van der Waals surface area contributed by atoms with Crippen molar-refractivity contribution in [1.29, 1.82) is 0 Å². The van der Waals surface area contributed by atoms with Crippen LogP contribution in [0.2, 0.25) is 0 Å². The quantitative estimate of drug-likeness (QED) is 0.881. The fourth-order valence-electron chi connectivity index (χ4n) is 3.07. The molecule has 0 saturated heterocycles. The maximum atomic E-state index is 12.4. The van der Waals surface area contributed by atoms with Gasteiger partial charge in [0.2, 0.25) is 0 Å². The van der Waals surface area contributed by atoms with Gasteiger partial charge in [-0.1, -0.05) is 0 Å². The zero-order valence-corrected chi connectivity index (χ0v) is 13.8. The first-order chi connectivity index (χ1) is 11.7. The molecule has 1 aliphatic carbocycles. The molecule has 1 aromatic heterocycles. The fourth-order valence-corrected chi connectivity index (χ4v) is 3.07. The molecule has 2 aromatic rings. The lowest BCUT2D eigenvalue weighted by atomic mass is 9.86. The van der Waals surface area contributed by atoms with Gasteiger partial charge >= 0.3 is 0 Å². The van der Waals surface area contributed by atoms with Crippen LogP contribution in [0.3, 0.4) is 0 Å². The monoisotopic (exact) mass is 329 g/mol. The Labute approximate surface area is 141 Å². The van der Waals surface area contributed by atoms with Gasteiger partial charge in [0.15, 0.2) is 5.69 Å². The van der Waals surface area contributed by atoms with Gasteiger partial charge in [-0.3, -0.25) is 4.79 Å². The molecule has 3 rings (SSSR count). The van der Waals surface area contributed by atoms with E-state index in [0.29, 0.717) is 11.6 Å². The summed E-state index contributed by atoms with van der Waals surface area (Å²) in [6.45, 7) is 0.243. The average molecular weight is 329 g/mol. The fraction of sp³-hybridized carbons (Fsp3) is 0.444. The number of ether oxygens (including phenoxy) is 1. The Bertz CT molecular complexity index is 673. The van der Waals surface area contributed by atoms with Crippen molar-refractivity contribution >= 4 is 5.91 Å². The maximum Gasteiger partial charge on any atom is 0.272 e. The number of aromatic nitrogens is 2. The molecule has 1 aliphatic rings. The van der Waals surface area contributed by atoms with Gasteiger partial charge in [-0.2, -0.15) is 5.10 Å². The molecule has 0 unspecified atom stereocenters. The predicted octanol–water partition coefficient (Wildman–Crippen LogP) is 2.16. The first-order valence-electron chi connectivity index (χ1n) is 8.31. The van der Waals surface area contributed by atoms with E-state index in [-0.39, 0.29) is 18.6 Å². The number of carbonyl (C=O) groups excluding carboxylic acids is 1. The van der Waals surface area contributed by atoms with E-state index in [4.69, 9.17) is 4.74 Å².